The first-order chi connectivity index (χ1) is 6.73. The van der Waals surface area contributed by atoms with E-state index in [-0.39, 0.29) is 16.6 Å². The molecule has 0 aromatic rings. The van der Waals surface area contributed by atoms with Crippen LogP contribution in [-0.2, 0) is 19.9 Å². The number of sulfone groups is 1. The lowest BCUT2D eigenvalue weighted by molar-refractivity contribution is 0.378. The van der Waals surface area contributed by atoms with Crippen LogP contribution in [-0.4, -0.2) is 56.7 Å². The minimum Gasteiger partial charge on any atom is -0.346 e. The number of nitrogens with one attached hydrogen (secondary N) is 1. The standard InChI is InChI=1S/C6H10N2O4S3/c1-8-4-2-14(9,10)3-5(4)15(11,12)7-6(8)13/h4-5H,2-3H2,1H3,(H,7,13)/t4-,5+/m0/s1. The normalized spacial score (nSPS) is 37.1. The molecule has 2 aliphatic heterocycles. The molecule has 1 N–H and O–H groups in total. The molecule has 9 heteroatoms. The highest BCUT2D eigenvalue weighted by Crippen LogP contribution is 2.26. The second-order valence-corrected chi connectivity index (χ2v) is 8.19. The van der Waals surface area contributed by atoms with Crippen molar-refractivity contribution in [1.29, 1.82) is 0 Å². The summed E-state index contributed by atoms with van der Waals surface area (Å²) in [4.78, 5) is 1.51. The SMILES string of the molecule is CN1C(=S)NS(=O)(=O)[C@@H]2CS(=O)(=O)C[C@@H]21. The lowest BCUT2D eigenvalue weighted by Crippen LogP contribution is -2.60. The van der Waals surface area contributed by atoms with Crippen molar-refractivity contribution in [3.05, 3.63) is 0 Å². The van der Waals surface area contributed by atoms with Gasteiger partial charge in [0.15, 0.2) is 14.9 Å². The molecule has 15 heavy (non-hydrogen) atoms. The lowest BCUT2D eigenvalue weighted by atomic mass is 10.2. The molecule has 0 saturated carbocycles. The van der Waals surface area contributed by atoms with E-state index >= 15 is 0 Å². The Balaban J connectivity index is 2.48. The van der Waals surface area contributed by atoms with E-state index in [0.717, 1.165) is 0 Å². The third kappa shape index (κ3) is 1.72. The fourth-order valence-electron chi connectivity index (χ4n) is 1.87. The molecule has 2 rings (SSSR count). The molecule has 0 aromatic heterocycles. The van der Waals surface area contributed by atoms with Crippen molar-refractivity contribution in [3.63, 3.8) is 0 Å². The van der Waals surface area contributed by atoms with Gasteiger partial charge >= 0.3 is 0 Å². The van der Waals surface area contributed by atoms with Crippen LogP contribution in [0, 0.1) is 0 Å². The Kier molecular flexibility index (Phi) is 2.25. The number of fused-ring (bicyclic) bond motifs is 1. The summed E-state index contributed by atoms with van der Waals surface area (Å²) in [7, 11) is -5.30. The maximum atomic E-state index is 11.6. The van der Waals surface area contributed by atoms with Gasteiger partial charge in [0.05, 0.1) is 17.5 Å². The van der Waals surface area contributed by atoms with Gasteiger partial charge in [0.1, 0.15) is 5.25 Å². The third-order valence-electron chi connectivity index (χ3n) is 2.72. The first-order valence-electron chi connectivity index (χ1n) is 4.22. The Bertz CT molecular complexity index is 508. The molecule has 0 aliphatic carbocycles. The van der Waals surface area contributed by atoms with Crippen LogP contribution in [0.2, 0.25) is 0 Å². The predicted octanol–water partition coefficient (Wildman–Crippen LogP) is -1.70. The van der Waals surface area contributed by atoms with Crippen molar-refractivity contribution >= 4 is 37.2 Å². The highest BCUT2D eigenvalue weighted by atomic mass is 32.2. The van der Waals surface area contributed by atoms with Gasteiger partial charge in [-0.25, -0.2) is 16.8 Å². The number of hydrogen-bond acceptors (Lipinski definition) is 5. The van der Waals surface area contributed by atoms with Crippen molar-refractivity contribution in [2.75, 3.05) is 18.6 Å². The number of rotatable bonds is 0. The monoisotopic (exact) mass is 270 g/mol. The van der Waals surface area contributed by atoms with Gasteiger partial charge in [-0.3, -0.25) is 4.72 Å². The van der Waals surface area contributed by atoms with Gasteiger partial charge in [-0.1, -0.05) is 0 Å². The second-order valence-electron chi connectivity index (χ2n) is 3.75. The summed E-state index contributed by atoms with van der Waals surface area (Å²) in [5, 5.41) is -0.840. The van der Waals surface area contributed by atoms with Crippen molar-refractivity contribution in [2.45, 2.75) is 11.3 Å². The number of thiocarbonyl (C=S) groups is 1. The fraction of sp³-hybridized carbons (Fsp3) is 0.833. The summed E-state index contributed by atoms with van der Waals surface area (Å²) in [6.45, 7) is 0. The second kappa shape index (κ2) is 3.05. The molecule has 2 atom stereocenters. The summed E-state index contributed by atoms with van der Waals surface area (Å²) in [6, 6.07) is -0.547. The molecule has 2 aliphatic rings. The minimum atomic E-state index is -3.63. The van der Waals surface area contributed by atoms with Gasteiger partial charge in [0.25, 0.3) is 0 Å². The largest absolute Gasteiger partial charge is 0.346 e. The first kappa shape index (κ1) is 11.1. The lowest BCUT2D eigenvalue weighted by Gasteiger charge is -2.35. The van der Waals surface area contributed by atoms with Crippen LogP contribution in [0.4, 0.5) is 0 Å². The van der Waals surface area contributed by atoms with Crippen molar-refractivity contribution in [2.24, 2.45) is 0 Å². The molecule has 0 amide bonds. The minimum absolute atomic E-state index is 0.0633. The smallest absolute Gasteiger partial charge is 0.240 e. The predicted molar refractivity (Wildman–Crippen MR) is 58.6 cm³/mol. The molecular formula is C6H10N2O4S3. The summed E-state index contributed by atoms with van der Waals surface area (Å²) in [5.41, 5.74) is 0. The number of hydrogen-bond donors (Lipinski definition) is 1. The fourth-order valence-corrected chi connectivity index (χ4v) is 6.88. The molecule has 0 radical (unpaired) electrons. The zero-order chi connectivity index (χ0) is 11.4. The van der Waals surface area contributed by atoms with Crippen molar-refractivity contribution < 1.29 is 16.8 Å². The van der Waals surface area contributed by atoms with E-state index in [4.69, 9.17) is 12.2 Å². The summed E-state index contributed by atoms with van der Waals surface area (Å²) in [5.74, 6) is -0.463. The maximum absolute atomic E-state index is 11.6. The highest BCUT2D eigenvalue weighted by Gasteiger charge is 2.51. The van der Waals surface area contributed by atoms with E-state index in [2.05, 4.69) is 4.72 Å². The Morgan fingerprint density at radius 1 is 1.33 bits per heavy atom. The molecular weight excluding hydrogens is 260 g/mol. The highest BCUT2D eigenvalue weighted by molar-refractivity contribution is 7.96. The number of sulfonamides is 1. The molecule has 2 saturated heterocycles. The topological polar surface area (TPSA) is 83.6 Å². The molecule has 86 valence electrons. The summed E-state index contributed by atoms with van der Waals surface area (Å²) < 4.78 is 48.2. The van der Waals surface area contributed by atoms with E-state index in [1.807, 2.05) is 0 Å². The van der Waals surface area contributed by atoms with E-state index in [1.165, 1.54) is 4.90 Å². The van der Waals surface area contributed by atoms with Crippen molar-refractivity contribution in [1.82, 2.24) is 9.62 Å². The van der Waals surface area contributed by atoms with Gasteiger partial charge in [0.2, 0.25) is 10.0 Å². The van der Waals surface area contributed by atoms with Gasteiger partial charge in [-0.15, -0.1) is 0 Å². The van der Waals surface area contributed by atoms with Gasteiger partial charge in [-0.05, 0) is 12.2 Å². The molecule has 2 heterocycles. The van der Waals surface area contributed by atoms with Crippen LogP contribution >= 0.6 is 12.2 Å². The third-order valence-corrected chi connectivity index (χ3v) is 6.92. The van der Waals surface area contributed by atoms with E-state index < -0.39 is 31.2 Å². The average molecular weight is 270 g/mol. The molecule has 0 spiro atoms. The first-order valence-corrected chi connectivity index (χ1v) is 7.99. The Morgan fingerprint density at radius 3 is 2.53 bits per heavy atom. The molecule has 6 nitrogen and oxygen atoms in total. The Labute approximate surface area is 93.6 Å². The van der Waals surface area contributed by atoms with Crippen LogP contribution in [0.3, 0.4) is 0 Å². The molecule has 2 fully saturated rings. The van der Waals surface area contributed by atoms with E-state index in [1.54, 1.807) is 7.05 Å². The Hall–Kier alpha value is -0.410. The number of nitrogens with zero attached hydrogens (tertiary/aromatic N) is 1. The van der Waals surface area contributed by atoms with Gasteiger partial charge in [-0.2, -0.15) is 0 Å². The summed E-state index contributed by atoms with van der Waals surface area (Å²) >= 11 is 4.82. The Morgan fingerprint density at radius 2 is 1.93 bits per heavy atom. The van der Waals surface area contributed by atoms with Crippen LogP contribution in [0.5, 0.6) is 0 Å². The van der Waals surface area contributed by atoms with Crippen LogP contribution < -0.4 is 4.72 Å². The molecule has 0 unspecified atom stereocenters. The zero-order valence-electron chi connectivity index (χ0n) is 7.87. The maximum Gasteiger partial charge on any atom is 0.240 e. The van der Waals surface area contributed by atoms with E-state index in [0.29, 0.717) is 0 Å². The van der Waals surface area contributed by atoms with E-state index in [9.17, 15) is 16.8 Å². The quantitative estimate of drug-likeness (QED) is 0.528. The van der Waals surface area contributed by atoms with Crippen molar-refractivity contribution in [3.8, 4) is 0 Å². The van der Waals surface area contributed by atoms with Gasteiger partial charge < -0.3 is 4.90 Å². The van der Waals surface area contributed by atoms with Crippen LogP contribution in [0.15, 0.2) is 0 Å². The zero-order valence-corrected chi connectivity index (χ0v) is 10.3. The van der Waals surface area contributed by atoms with Crippen LogP contribution in [0.25, 0.3) is 0 Å². The molecule has 0 bridgehead atoms. The van der Waals surface area contributed by atoms with Crippen LogP contribution in [0.1, 0.15) is 0 Å². The van der Waals surface area contributed by atoms with Gasteiger partial charge in [0, 0.05) is 7.05 Å². The molecule has 0 aromatic carbocycles. The summed E-state index contributed by atoms with van der Waals surface area (Å²) in [6.07, 6.45) is 0. The average Bonchev–Trinajstić information content (AvgIpc) is 2.38.